The van der Waals surface area contributed by atoms with Gasteiger partial charge in [-0.2, -0.15) is 0 Å². The molecule has 1 aliphatic rings. The Morgan fingerprint density at radius 2 is 1.14 bits per heavy atom. The molecule has 0 atom stereocenters. The summed E-state index contributed by atoms with van der Waals surface area (Å²) in [5, 5.41) is 0. The van der Waals surface area contributed by atoms with Crippen molar-refractivity contribution in [1.29, 1.82) is 0 Å². The standard InChI is InChI=1S/C27H23N/c1-19-10-14-23(15-11-19)28(24-16-12-20(2)13-17-24)26-9-5-7-22-18-21-6-3-4-8-25(21)27(22)26/h3-17H,18H2,1-2H3. The molecule has 0 saturated heterocycles. The average molecular weight is 361 g/mol. The maximum absolute atomic E-state index is 2.39. The second-order valence-corrected chi connectivity index (χ2v) is 7.65. The molecule has 0 N–H and O–H groups in total. The Labute approximate surface area is 166 Å². The second-order valence-electron chi connectivity index (χ2n) is 7.65. The number of nitrogens with zero attached hydrogens (tertiary/aromatic N) is 1. The van der Waals surface area contributed by atoms with Gasteiger partial charge >= 0.3 is 0 Å². The van der Waals surface area contributed by atoms with Crippen molar-refractivity contribution in [2.75, 3.05) is 4.90 Å². The Hall–Kier alpha value is -3.32. The number of benzene rings is 4. The van der Waals surface area contributed by atoms with Crippen LogP contribution in [0.3, 0.4) is 0 Å². The molecule has 0 bridgehead atoms. The van der Waals surface area contributed by atoms with Gasteiger partial charge in [0.05, 0.1) is 5.69 Å². The summed E-state index contributed by atoms with van der Waals surface area (Å²) < 4.78 is 0. The van der Waals surface area contributed by atoms with Gasteiger partial charge in [-0.1, -0.05) is 71.8 Å². The van der Waals surface area contributed by atoms with Crippen molar-refractivity contribution in [3.05, 3.63) is 113 Å². The van der Waals surface area contributed by atoms with E-state index in [1.807, 2.05) is 0 Å². The summed E-state index contributed by atoms with van der Waals surface area (Å²) in [5.74, 6) is 0. The molecule has 0 amide bonds. The molecule has 0 spiro atoms. The monoisotopic (exact) mass is 361 g/mol. The molecule has 136 valence electrons. The van der Waals surface area contributed by atoms with E-state index in [4.69, 9.17) is 0 Å². The number of aryl methyl sites for hydroxylation is 2. The zero-order valence-electron chi connectivity index (χ0n) is 16.3. The molecule has 1 heteroatoms. The predicted octanol–water partition coefficient (Wildman–Crippen LogP) is 7.34. The first kappa shape index (κ1) is 16.8. The minimum absolute atomic E-state index is 1.01. The summed E-state index contributed by atoms with van der Waals surface area (Å²) in [4.78, 5) is 2.39. The van der Waals surface area contributed by atoms with Crippen LogP contribution in [0.2, 0.25) is 0 Å². The molecule has 1 aliphatic carbocycles. The van der Waals surface area contributed by atoms with E-state index < -0.39 is 0 Å². The summed E-state index contributed by atoms with van der Waals surface area (Å²) in [6.07, 6.45) is 1.01. The Bertz CT molecular complexity index is 1090. The van der Waals surface area contributed by atoms with Crippen LogP contribution < -0.4 is 4.90 Å². The van der Waals surface area contributed by atoms with Crippen LogP contribution in [-0.4, -0.2) is 0 Å². The Morgan fingerprint density at radius 3 is 1.79 bits per heavy atom. The van der Waals surface area contributed by atoms with Crippen molar-refractivity contribution >= 4 is 17.1 Å². The third-order valence-corrected chi connectivity index (χ3v) is 5.62. The molecular formula is C27H23N. The third-order valence-electron chi connectivity index (χ3n) is 5.62. The highest BCUT2D eigenvalue weighted by Crippen LogP contribution is 2.47. The SMILES string of the molecule is Cc1ccc(N(c2ccc(C)cc2)c2cccc3c2-c2ccccc2C3)cc1. The van der Waals surface area contributed by atoms with E-state index in [9.17, 15) is 0 Å². The summed E-state index contributed by atoms with van der Waals surface area (Å²) in [6, 6.07) is 33.1. The first-order valence-corrected chi connectivity index (χ1v) is 9.84. The number of rotatable bonds is 3. The number of hydrogen-bond donors (Lipinski definition) is 0. The van der Waals surface area contributed by atoms with Crippen LogP contribution in [-0.2, 0) is 6.42 Å². The van der Waals surface area contributed by atoms with Gasteiger partial charge in [0, 0.05) is 16.9 Å². The first-order valence-electron chi connectivity index (χ1n) is 9.84. The van der Waals surface area contributed by atoms with Gasteiger partial charge in [-0.3, -0.25) is 0 Å². The van der Waals surface area contributed by atoms with Crippen LogP contribution in [0.15, 0.2) is 91.0 Å². The maximum Gasteiger partial charge on any atom is 0.0543 e. The zero-order valence-corrected chi connectivity index (χ0v) is 16.3. The molecule has 0 aromatic heterocycles. The minimum Gasteiger partial charge on any atom is -0.310 e. The smallest absolute Gasteiger partial charge is 0.0543 e. The summed E-state index contributed by atoms with van der Waals surface area (Å²) in [5.41, 5.74) is 11.7. The number of fused-ring (bicyclic) bond motifs is 3. The van der Waals surface area contributed by atoms with Crippen molar-refractivity contribution < 1.29 is 0 Å². The molecule has 0 heterocycles. The molecule has 28 heavy (non-hydrogen) atoms. The fraction of sp³-hybridized carbons (Fsp3) is 0.111. The van der Waals surface area contributed by atoms with Crippen LogP contribution in [0.5, 0.6) is 0 Å². The molecule has 0 saturated carbocycles. The maximum atomic E-state index is 2.39. The van der Waals surface area contributed by atoms with Crippen molar-refractivity contribution in [3.63, 3.8) is 0 Å². The molecule has 5 rings (SSSR count). The van der Waals surface area contributed by atoms with E-state index in [2.05, 4.69) is 110 Å². The summed E-state index contributed by atoms with van der Waals surface area (Å²) >= 11 is 0. The van der Waals surface area contributed by atoms with Gasteiger partial charge in [0.25, 0.3) is 0 Å². The quantitative estimate of drug-likeness (QED) is 0.325. The van der Waals surface area contributed by atoms with Crippen LogP contribution in [0.25, 0.3) is 11.1 Å². The van der Waals surface area contributed by atoms with Crippen LogP contribution in [0, 0.1) is 13.8 Å². The number of hydrogen-bond acceptors (Lipinski definition) is 1. The lowest BCUT2D eigenvalue weighted by Gasteiger charge is -2.28. The van der Waals surface area contributed by atoms with E-state index >= 15 is 0 Å². The molecular weight excluding hydrogens is 338 g/mol. The lowest BCUT2D eigenvalue weighted by Crippen LogP contribution is -2.11. The molecule has 4 aromatic carbocycles. The summed E-state index contributed by atoms with van der Waals surface area (Å²) in [6.45, 7) is 4.27. The van der Waals surface area contributed by atoms with E-state index in [0.29, 0.717) is 0 Å². The highest BCUT2D eigenvalue weighted by atomic mass is 15.1. The second kappa shape index (κ2) is 6.69. The molecule has 0 unspecified atom stereocenters. The average Bonchev–Trinajstić information content (AvgIpc) is 3.10. The van der Waals surface area contributed by atoms with Crippen LogP contribution >= 0.6 is 0 Å². The van der Waals surface area contributed by atoms with Crippen molar-refractivity contribution in [2.45, 2.75) is 20.3 Å². The molecule has 4 aromatic rings. The van der Waals surface area contributed by atoms with Crippen molar-refractivity contribution in [2.24, 2.45) is 0 Å². The molecule has 0 aliphatic heterocycles. The van der Waals surface area contributed by atoms with Crippen LogP contribution in [0.4, 0.5) is 17.1 Å². The molecule has 1 nitrogen and oxygen atoms in total. The number of anilines is 3. The highest BCUT2D eigenvalue weighted by Gasteiger charge is 2.24. The van der Waals surface area contributed by atoms with Crippen molar-refractivity contribution in [1.82, 2.24) is 0 Å². The highest BCUT2D eigenvalue weighted by molar-refractivity contribution is 5.93. The Morgan fingerprint density at radius 1 is 0.571 bits per heavy atom. The predicted molar refractivity (Wildman–Crippen MR) is 119 cm³/mol. The van der Waals surface area contributed by atoms with Gasteiger partial charge in [0.2, 0.25) is 0 Å². The van der Waals surface area contributed by atoms with E-state index in [1.54, 1.807) is 0 Å². The molecule has 0 fully saturated rings. The molecule has 0 radical (unpaired) electrons. The van der Waals surface area contributed by atoms with Gasteiger partial charge in [-0.25, -0.2) is 0 Å². The van der Waals surface area contributed by atoms with Crippen molar-refractivity contribution in [3.8, 4) is 11.1 Å². The Kier molecular flexibility index (Phi) is 4.02. The zero-order chi connectivity index (χ0) is 19.1. The van der Waals surface area contributed by atoms with Gasteiger partial charge in [-0.15, -0.1) is 0 Å². The van der Waals surface area contributed by atoms with E-state index in [1.165, 1.54) is 50.4 Å². The first-order chi connectivity index (χ1) is 13.7. The lowest BCUT2D eigenvalue weighted by molar-refractivity contribution is 1.24. The third kappa shape index (κ3) is 2.80. The van der Waals surface area contributed by atoms with Gasteiger partial charge in [0.1, 0.15) is 0 Å². The van der Waals surface area contributed by atoms with Gasteiger partial charge in [0.15, 0.2) is 0 Å². The topological polar surface area (TPSA) is 3.24 Å². The van der Waals surface area contributed by atoms with Crippen LogP contribution in [0.1, 0.15) is 22.3 Å². The largest absolute Gasteiger partial charge is 0.310 e. The van der Waals surface area contributed by atoms with Gasteiger partial charge in [-0.05, 0) is 67.3 Å². The fourth-order valence-electron chi connectivity index (χ4n) is 4.17. The fourth-order valence-corrected chi connectivity index (χ4v) is 4.17. The lowest BCUT2D eigenvalue weighted by atomic mass is 10.0. The summed E-state index contributed by atoms with van der Waals surface area (Å²) in [7, 11) is 0. The normalized spacial score (nSPS) is 11.8. The van der Waals surface area contributed by atoms with E-state index in [0.717, 1.165) is 6.42 Å². The van der Waals surface area contributed by atoms with Gasteiger partial charge < -0.3 is 4.90 Å². The Balaban J connectivity index is 1.75. The van der Waals surface area contributed by atoms with E-state index in [-0.39, 0.29) is 0 Å². The minimum atomic E-state index is 1.01.